The van der Waals surface area contributed by atoms with Crippen LogP contribution in [0, 0.1) is 36.5 Å². The van der Waals surface area contributed by atoms with Crippen LogP contribution < -0.4 is 19.8 Å². The maximum absolute atomic E-state index is 14.2. The molecule has 4 aliphatic rings. The molecule has 3 fully saturated rings. The number of hydrogen-bond donors (Lipinski definition) is 2. The van der Waals surface area contributed by atoms with E-state index in [4.69, 9.17) is 9.47 Å². The number of carbonyl (C=O) groups excluding carboxylic acids is 4. The van der Waals surface area contributed by atoms with E-state index < -0.39 is 17.8 Å². The Kier molecular flexibility index (Phi) is 8.47. The summed E-state index contributed by atoms with van der Waals surface area (Å²) in [6.45, 7) is 3.68. The maximum Gasteiger partial charge on any atom is 0.338 e. The van der Waals surface area contributed by atoms with Crippen LogP contribution in [0.15, 0.2) is 81.0 Å². The van der Waals surface area contributed by atoms with E-state index in [1.807, 2.05) is 49.4 Å². The summed E-state index contributed by atoms with van der Waals surface area (Å²) in [5, 5.41) is 3.67. The van der Waals surface area contributed by atoms with Crippen LogP contribution >= 0.6 is 39.0 Å². The van der Waals surface area contributed by atoms with E-state index in [9.17, 15) is 24.0 Å². The molecule has 3 heterocycles. The highest BCUT2D eigenvalue weighted by atomic mass is 79.9. The number of thioether (sulfide) groups is 1. The van der Waals surface area contributed by atoms with Crippen molar-refractivity contribution in [3.63, 3.8) is 0 Å². The predicted molar refractivity (Wildman–Crippen MR) is 193 cm³/mol. The highest BCUT2D eigenvalue weighted by Gasteiger charge is 2.70. The van der Waals surface area contributed by atoms with Gasteiger partial charge in [-0.1, -0.05) is 45.5 Å². The second kappa shape index (κ2) is 12.8. The lowest BCUT2D eigenvalue weighted by atomic mass is 9.68. The van der Waals surface area contributed by atoms with Gasteiger partial charge in [-0.25, -0.2) is 4.79 Å². The van der Waals surface area contributed by atoms with E-state index in [1.54, 1.807) is 43.0 Å². The highest BCUT2D eigenvalue weighted by Crippen LogP contribution is 2.69. The predicted octanol–water partition coefficient (Wildman–Crippen LogP) is 6.38. The number of rotatable bonds is 8. The molecule has 2 aliphatic heterocycles. The van der Waals surface area contributed by atoms with Gasteiger partial charge in [-0.3, -0.25) is 24.1 Å². The zero-order valence-electron chi connectivity index (χ0n) is 27.0. The van der Waals surface area contributed by atoms with Crippen molar-refractivity contribution in [3.8, 4) is 5.75 Å². The number of carbonyl (C=O) groups is 4. The fraction of sp³-hybridized carbons (Fsp3) is 0.324. The Morgan fingerprint density at radius 2 is 1.74 bits per heavy atom. The molecule has 0 radical (unpaired) electrons. The van der Waals surface area contributed by atoms with E-state index in [1.165, 1.54) is 4.90 Å². The fourth-order valence-electron chi connectivity index (χ4n) is 8.52. The zero-order chi connectivity index (χ0) is 34.8. The van der Waals surface area contributed by atoms with Crippen LogP contribution in [0.5, 0.6) is 5.75 Å². The summed E-state index contributed by atoms with van der Waals surface area (Å²) in [5.41, 5.74) is 3.25. The van der Waals surface area contributed by atoms with Crippen molar-refractivity contribution in [1.29, 1.82) is 0 Å². The fourth-order valence-corrected chi connectivity index (χ4v) is 11.8. The lowest BCUT2D eigenvalue weighted by molar-refractivity contribution is -0.123. The van der Waals surface area contributed by atoms with Gasteiger partial charge < -0.3 is 19.8 Å². The average Bonchev–Trinajstić information content (AvgIpc) is 3.84. The molecule has 2 saturated carbocycles. The lowest BCUT2D eigenvalue weighted by Gasteiger charge is -2.43. The third-order valence-corrected chi connectivity index (χ3v) is 13.5. The summed E-state index contributed by atoms with van der Waals surface area (Å²) in [6, 6.07) is 19.6. The third kappa shape index (κ3) is 5.41. The Morgan fingerprint density at radius 1 is 1.00 bits per heavy atom. The summed E-state index contributed by atoms with van der Waals surface area (Å²) in [6.07, 6.45) is 0.726. The SMILES string of the molecule is CCOC(=O)c1ccc(N2C(=O)C3C4CC(C3C2=O)C2C4Sc3[nH]c(=O)sc3[C@@H]2c2cc(Br)ccc2OCC(=O)Nc2ccccc2C)cc1. The van der Waals surface area contributed by atoms with Gasteiger partial charge in [-0.05, 0) is 92.1 Å². The Morgan fingerprint density at radius 3 is 2.48 bits per heavy atom. The molecule has 4 aromatic rings. The molecule has 3 aromatic carbocycles. The number of fused-ring (bicyclic) bond motifs is 9. The van der Waals surface area contributed by atoms with Crippen molar-refractivity contribution in [1.82, 2.24) is 4.98 Å². The first kappa shape index (κ1) is 33.0. The van der Waals surface area contributed by atoms with Crippen molar-refractivity contribution in [2.24, 2.45) is 29.6 Å². The zero-order valence-corrected chi connectivity index (χ0v) is 30.2. The number of para-hydroxylation sites is 1. The number of aryl methyl sites for hydroxylation is 1. The molecule has 0 spiro atoms. The van der Waals surface area contributed by atoms with Gasteiger partial charge in [0.15, 0.2) is 6.61 Å². The van der Waals surface area contributed by atoms with Crippen LogP contribution in [0.1, 0.15) is 45.6 Å². The molecule has 256 valence electrons. The molecule has 2 N–H and O–H groups in total. The number of esters is 1. The van der Waals surface area contributed by atoms with Crippen LogP contribution in [-0.2, 0) is 19.1 Å². The molecule has 1 saturated heterocycles. The molecule has 2 bridgehead atoms. The van der Waals surface area contributed by atoms with Gasteiger partial charge in [0.25, 0.3) is 5.91 Å². The molecule has 1 aromatic heterocycles. The number of anilines is 2. The van der Waals surface area contributed by atoms with Gasteiger partial charge in [0, 0.05) is 31.8 Å². The maximum atomic E-state index is 14.2. The van der Waals surface area contributed by atoms with Crippen molar-refractivity contribution in [2.75, 3.05) is 23.4 Å². The second-order valence-corrected chi connectivity index (χ2v) is 16.2. The van der Waals surface area contributed by atoms with Gasteiger partial charge in [0.1, 0.15) is 5.75 Å². The smallest absolute Gasteiger partial charge is 0.338 e. The van der Waals surface area contributed by atoms with Gasteiger partial charge >= 0.3 is 10.8 Å². The lowest BCUT2D eigenvalue weighted by Crippen LogP contribution is -2.42. The van der Waals surface area contributed by atoms with Gasteiger partial charge in [0.05, 0.1) is 34.7 Å². The van der Waals surface area contributed by atoms with E-state index in [-0.39, 0.29) is 64.7 Å². The van der Waals surface area contributed by atoms with Gasteiger partial charge in [-0.2, -0.15) is 0 Å². The minimum absolute atomic E-state index is 0.0249. The highest BCUT2D eigenvalue weighted by molar-refractivity contribution is 9.10. The van der Waals surface area contributed by atoms with Gasteiger partial charge in [0.2, 0.25) is 11.8 Å². The number of aromatic amines is 1. The number of halogens is 1. The number of imide groups is 1. The summed E-state index contributed by atoms with van der Waals surface area (Å²) in [4.78, 5) is 71.4. The number of thiazole rings is 1. The second-order valence-electron chi connectivity index (χ2n) is 13.1. The van der Waals surface area contributed by atoms with Crippen molar-refractivity contribution >= 4 is 74.1 Å². The van der Waals surface area contributed by atoms with E-state index in [0.29, 0.717) is 22.7 Å². The van der Waals surface area contributed by atoms with Crippen LogP contribution in [0.25, 0.3) is 0 Å². The van der Waals surface area contributed by atoms with E-state index in [2.05, 4.69) is 26.2 Å². The molecule has 50 heavy (non-hydrogen) atoms. The Hall–Kier alpha value is -4.20. The molecule has 7 atom stereocenters. The number of hydrogen-bond acceptors (Lipinski definition) is 9. The summed E-state index contributed by atoms with van der Waals surface area (Å²) >= 11 is 6.40. The quantitative estimate of drug-likeness (QED) is 0.156. The normalized spacial score (nSPS) is 26.0. The van der Waals surface area contributed by atoms with E-state index >= 15 is 0 Å². The number of ether oxygens (including phenoxy) is 2. The minimum Gasteiger partial charge on any atom is -0.483 e. The first-order valence-electron chi connectivity index (χ1n) is 16.5. The molecular formula is C37H32BrN3O7S2. The number of H-pyrrole nitrogens is 1. The Balaban J connectivity index is 1.11. The van der Waals surface area contributed by atoms with Crippen LogP contribution in [-0.4, -0.2) is 47.1 Å². The molecule has 2 aliphatic carbocycles. The Labute approximate surface area is 304 Å². The number of nitrogens with zero attached hydrogens (tertiary/aromatic N) is 1. The van der Waals surface area contributed by atoms with Crippen LogP contribution in [0.4, 0.5) is 11.4 Å². The summed E-state index contributed by atoms with van der Waals surface area (Å²) < 4.78 is 12.1. The van der Waals surface area contributed by atoms with Crippen molar-refractivity contribution < 1.29 is 28.7 Å². The number of amides is 3. The third-order valence-electron chi connectivity index (χ3n) is 10.4. The molecule has 10 nitrogen and oxygen atoms in total. The van der Waals surface area contributed by atoms with Crippen LogP contribution in [0.2, 0.25) is 0 Å². The van der Waals surface area contributed by atoms with Crippen molar-refractivity contribution in [2.45, 2.75) is 36.5 Å². The molecule has 13 heteroatoms. The number of nitrogens with one attached hydrogen (secondary N) is 2. The van der Waals surface area contributed by atoms with E-state index in [0.717, 1.165) is 43.3 Å². The first-order chi connectivity index (χ1) is 24.1. The van der Waals surface area contributed by atoms with Gasteiger partial charge in [-0.15, -0.1) is 11.8 Å². The molecule has 3 amide bonds. The standard InChI is InChI=1S/C37H32BrN3O7S2/c1-3-47-36(45)18-8-11-20(12-9-18)41-34(43)29-22-15-23(30(29)35(41)44)31-28(22)27(32-33(49-31)40-37(46)50-32)21-14-19(38)10-13-25(21)48-16-26(42)39-24-7-5-4-6-17(24)2/h4-14,22-23,27-31H,3,15-16H2,1-2H3,(H,39,42)(H,40,46)/t22?,23?,27-,28?,29?,30?,31?/m1/s1. The summed E-state index contributed by atoms with van der Waals surface area (Å²) in [7, 11) is 0. The minimum atomic E-state index is -0.504. The van der Waals surface area contributed by atoms with Crippen molar-refractivity contribution in [3.05, 3.63) is 102 Å². The number of aromatic nitrogens is 1. The summed E-state index contributed by atoms with van der Waals surface area (Å²) in [5.74, 6) is -2.23. The molecule has 6 unspecified atom stereocenters. The van der Waals surface area contributed by atoms with Crippen LogP contribution in [0.3, 0.4) is 0 Å². The first-order valence-corrected chi connectivity index (χ1v) is 19.0. The number of benzene rings is 3. The topological polar surface area (TPSA) is 135 Å². The Bertz CT molecular complexity index is 2110. The molecule has 8 rings (SSSR count). The average molecular weight is 775 g/mol. The monoisotopic (exact) mass is 773 g/mol. The molecular weight excluding hydrogens is 742 g/mol. The largest absolute Gasteiger partial charge is 0.483 e.